The molecule has 11 heavy (non-hydrogen) atoms. The summed E-state index contributed by atoms with van der Waals surface area (Å²) in [5.41, 5.74) is 0.222. The first-order chi connectivity index (χ1) is 5.27. The fraction of sp³-hybridized carbons (Fsp3) is 0.667. The third-order valence-corrected chi connectivity index (χ3v) is 1.75. The Morgan fingerprint density at radius 3 is 3.36 bits per heavy atom. The summed E-state index contributed by atoms with van der Waals surface area (Å²) >= 11 is 0. The predicted octanol–water partition coefficient (Wildman–Crippen LogP) is -0.826. The summed E-state index contributed by atoms with van der Waals surface area (Å²) in [5, 5.41) is 2.51. The lowest BCUT2D eigenvalue weighted by Crippen LogP contribution is -2.49. The average molecular weight is 157 g/mol. The van der Waals surface area contributed by atoms with Crippen molar-refractivity contribution in [2.75, 3.05) is 0 Å². The molecule has 0 radical (unpaired) electrons. The minimum absolute atomic E-state index is 0.140. The number of fused-ring (bicyclic) bond motifs is 1. The lowest BCUT2D eigenvalue weighted by Gasteiger charge is -2.10. The van der Waals surface area contributed by atoms with E-state index >= 15 is 0 Å². The van der Waals surface area contributed by atoms with Crippen LogP contribution in [-0.2, 0) is 17.9 Å². The van der Waals surface area contributed by atoms with Gasteiger partial charge in [-0.3, -0.25) is 4.52 Å². The number of aromatic nitrogens is 2. The molecule has 0 spiro atoms. The highest BCUT2D eigenvalue weighted by Gasteiger charge is 2.28. The Labute approximate surface area is 62.5 Å². The van der Waals surface area contributed by atoms with Crippen molar-refractivity contribution in [1.29, 1.82) is 0 Å². The Bertz CT molecular complexity index is 314. The molecule has 0 amide bonds. The molecular weight excluding hydrogens is 148 g/mol. The van der Waals surface area contributed by atoms with Gasteiger partial charge in [0.25, 0.3) is 0 Å². The van der Waals surface area contributed by atoms with Crippen molar-refractivity contribution in [3.8, 4) is 0 Å². The van der Waals surface area contributed by atoms with Gasteiger partial charge >= 0.3 is 11.3 Å². The van der Waals surface area contributed by atoms with Gasteiger partial charge in [0.15, 0.2) is 0 Å². The molecule has 1 aliphatic rings. The van der Waals surface area contributed by atoms with E-state index in [1.165, 1.54) is 0 Å². The van der Waals surface area contributed by atoms with Crippen LogP contribution in [0, 0.1) is 0 Å². The molecule has 5 heteroatoms. The van der Waals surface area contributed by atoms with Crippen LogP contribution in [0.5, 0.6) is 0 Å². The van der Waals surface area contributed by atoms with Crippen molar-refractivity contribution >= 4 is 0 Å². The summed E-state index contributed by atoms with van der Waals surface area (Å²) in [6.07, 6.45) is 0.140. The zero-order chi connectivity index (χ0) is 7.84. The monoisotopic (exact) mass is 157 g/mol. The quantitative estimate of drug-likeness (QED) is 0.500. The van der Waals surface area contributed by atoms with Crippen LogP contribution < -0.4 is 10.3 Å². The molecule has 0 aromatic carbocycles. The molecule has 1 aliphatic heterocycles. The van der Waals surface area contributed by atoms with Crippen molar-refractivity contribution in [3.63, 3.8) is 0 Å². The van der Waals surface area contributed by atoms with Gasteiger partial charge in [0.2, 0.25) is 6.54 Å². The van der Waals surface area contributed by atoms with Crippen molar-refractivity contribution < 1.29 is 13.9 Å². The summed E-state index contributed by atoms with van der Waals surface area (Å²) in [5.74, 6) is 0. The number of aromatic amines is 1. The Morgan fingerprint density at radius 2 is 2.55 bits per heavy atom. The fourth-order valence-electron chi connectivity index (χ4n) is 1.14. The Morgan fingerprint density at radius 1 is 1.73 bits per heavy atom. The third-order valence-electron chi connectivity index (χ3n) is 1.75. The van der Waals surface area contributed by atoms with Gasteiger partial charge < -0.3 is 4.74 Å². The number of hydrogen-bond acceptors (Lipinski definition) is 3. The van der Waals surface area contributed by atoms with Crippen molar-refractivity contribution in [2.45, 2.75) is 26.2 Å². The van der Waals surface area contributed by atoms with Crippen molar-refractivity contribution in [1.82, 2.24) is 5.27 Å². The first-order valence-electron chi connectivity index (χ1n) is 3.49. The highest BCUT2D eigenvalue weighted by molar-refractivity contribution is 4.81. The minimum Gasteiger partial charge on any atom is -0.360 e. The molecule has 0 aliphatic carbocycles. The molecule has 0 unspecified atom stereocenters. The summed E-state index contributed by atoms with van der Waals surface area (Å²) in [4.78, 5) is 10.9. The second-order valence-electron chi connectivity index (χ2n) is 2.66. The summed E-state index contributed by atoms with van der Waals surface area (Å²) < 4.78 is 11.5. The second kappa shape index (κ2) is 2.20. The zero-order valence-electron chi connectivity index (χ0n) is 6.16. The van der Waals surface area contributed by atoms with Crippen LogP contribution in [0.25, 0.3) is 0 Å². The lowest BCUT2D eigenvalue weighted by atomic mass is 10.3. The average Bonchev–Trinajstić information content (AvgIpc) is 2.32. The van der Waals surface area contributed by atoms with Gasteiger partial charge in [-0.15, -0.1) is 0 Å². The number of rotatable bonds is 0. The summed E-state index contributed by atoms with van der Waals surface area (Å²) in [7, 11) is 0. The summed E-state index contributed by atoms with van der Waals surface area (Å²) in [6.45, 7) is 2.94. The molecule has 2 rings (SSSR count). The molecule has 0 saturated carbocycles. The standard InChI is InChI=1S/C6H8N2O3/c1-4-2-8-5(3-10-4)6(9)11-7-8/h4H,2-3H2,1H3/p+1/t4-/m0/s1. The zero-order valence-corrected chi connectivity index (χ0v) is 6.16. The highest BCUT2D eigenvalue weighted by atomic mass is 16.5. The van der Waals surface area contributed by atoms with E-state index in [9.17, 15) is 4.79 Å². The van der Waals surface area contributed by atoms with Gasteiger partial charge in [-0.25, -0.2) is 4.79 Å². The van der Waals surface area contributed by atoms with Crippen LogP contribution in [0.3, 0.4) is 0 Å². The van der Waals surface area contributed by atoms with Crippen LogP contribution >= 0.6 is 0 Å². The van der Waals surface area contributed by atoms with Crippen molar-refractivity contribution in [3.05, 3.63) is 16.1 Å². The number of nitrogens with one attached hydrogen (secondary N) is 1. The van der Waals surface area contributed by atoms with E-state index in [1.54, 1.807) is 4.68 Å². The lowest BCUT2D eigenvalue weighted by molar-refractivity contribution is -0.783. The predicted molar refractivity (Wildman–Crippen MR) is 33.8 cm³/mol. The van der Waals surface area contributed by atoms with Gasteiger partial charge in [-0.1, -0.05) is 4.68 Å². The van der Waals surface area contributed by atoms with E-state index in [4.69, 9.17) is 4.74 Å². The molecule has 60 valence electrons. The van der Waals surface area contributed by atoms with Crippen LogP contribution in [0.1, 0.15) is 12.6 Å². The van der Waals surface area contributed by atoms with Crippen LogP contribution in [0.4, 0.5) is 0 Å². The molecule has 0 fully saturated rings. The number of ether oxygens (including phenoxy) is 1. The molecule has 0 bridgehead atoms. The molecule has 1 aromatic rings. The molecule has 1 N–H and O–H groups in total. The van der Waals surface area contributed by atoms with Crippen LogP contribution in [-0.4, -0.2) is 11.4 Å². The smallest absolute Gasteiger partial charge is 0.360 e. The molecule has 1 atom stereocenters. The van der Waals surface area contributed by atoms with Gasteiger partial charge in [0, 0.05) is 0 Å². The topological polar surface area (TPSA) is 59.1 Å². The number of H-pyrrole nitrogens is 1. The van der Waals surface area contributed by atoms with Crippen LogP contribution in [0.15, 0.2) is 9.32 Å². The minimum atomic E-state index is -0.336. The SMILES string of the molecule is C[C@H]1C[n+]2[nH]oc(=O)c2CO1. The van der Waals surface area contributed by atoms with E-state index in [-0.39, 0.29) is 11.7 Å². The van der Waals surface area contributed by atoms with Gasteiger partial charge in [-0.2, -0.15) is 0 Å². The number of nitrogens with zero attached hydrogens (tertiary/aromatic N) is 1. The molecule has 0 saturated heterocycles. The maximum Gasteiger partial charge on any atom is 0.432 e. The first kappa shape index (κ1) is 6.60. The maximum absolute atomic E-state index is 10.9. The Balaban J connectivity index is 2.44. The first-order valence-corrected chi connectivity index (χ1v) is 3.49. The molecule has 1 aromatic heterocycles. The second-order valence-corrected chi connectivity index (χ2v) is 2.66. The van der Waals surface area contributed by atoms with E-state index in [1.807, 2.05) is 6.92 Å². The molecule has 5 nitrogen and oxygen atoms in total. The fourth-order valence-corrected chi connectivity index (χ4v) is 1.14. The largest absolute Gasteiger partial charge is 0.432 e. The van der Waals surface area contributed by atoms with Gasteiger partial charge in [-0.05, 0) is 12.2 Å². The van der Waals surface area contributed by atoms with Gasteiger partial charge in [0.05, 0.1) is 0 Å². The highest BCUT2D eigenvalue weighted by Crippen LogP contribution is 2.00. The van der Waals surface area contributed by atoms with E-state index in [2.05, 4.69) is 9.79 Å². The van der Waals surface area contributed by atoms with Crippen LogP contribution in [0.2, 0.25) is 0 Å². The van der Waals surface area contributed by atoms with Crippen molar-refractivity contribution in [2.24, 2.45) is 0 Å². The third kappa shape index (κ3) is 0.970. The summed E-state index contributed by atoms with van der Waals surface area (Å²) in [6, 6.07) is 0. The van der Waals surface area contributed by atoms with Gasteiger partial charge in [0.1, 0.15) is 12.7 Å². The Kier molecular flexibility index (Phi) is 1.32. The number of hydrogen-bond donors (Lipinski definition) is 1. The van der Waals surface area contributed by atoms with E-state index in [0.717, 1.165) is 0 Å². The molecular formula is C6H9N2O3+. The molecule has 2 heterocycles. The van der Waals surface area contributed by atoms with E-state index in [0.29, 0.717) is 18.8 Å². The Hall–Kier alpha value is -1.10. The maximum atomic E-state index is 10.9. The van der Waals surface area contributed by atoms with E-state index < -0.39 is 0 Å². The normalized spacial score (nSPS) is 23.2.